The van der Waals surface area contributed by atoms with Crippen molar-refractivity contribution in [3.05, 3.63) is 84.4 Å². The Kier molecular flexibility index (Phi) is 6.52. The minimum Gasteiger partial charge on any atom is -0.495 e. The summed E-state index contributed by atoms with van der Waals surface area (Å²) in [7, 11) is -1.77. The minimum atomic E-state index is -3.35. The van der Waals surface area contributed by atoms with Gasteiger partial charge in [0.2, 0.25) is 5.95 Å². The van der Waals surface area contributed by atoms with E-state index in [4.69, 9.17) is 4.74 Å². The second kappa shape index (κ2) is 9.94. The van der Waals surface area contributed by atoms with Crippen molar-refractivity contribution in [2.75, 3.05) is 24.0 Å². The van der Waals surface area contributed by atoms with Crippen LogP contribution in [-0.2, 0) is 9.84 Å². The number of amides is 1. The fraction of sp³-hybridized carbons (Fsp3) is 0.111. The van der Waals surface area contributed by atoms with Gasteiger partial charge < -0.3 is 20.4 Å². The Morgan fingerprint density at radius 3 is 2.66 bits per heavy atom. The van der Waals surface area contributed by atoms with E-state index >= 15 is 0 Å². The molecule has 1 amide bonds. The van der Waals surface area contributed by atoms with E-state index in [9.17, 15) is 13.2 Å². The monoisotopic (exact) mass is 528 g/mol. The van der Waals surface area contributed by atoms with Crippen LogP contribution in [0.2, 0.25) is 0 Å². The van der Waals surface area contributed by atoms with Crippen LogP contribution in [0.15, 0.2) is 78.1 Å². The molecular weight excluding hydrogens is 504 g/mol. The lowest BCUT2D eigenvalue weighted by atomic mass is 10.1. The number of nitrogens with zero attached hydrogens (tertiary/aromatic N) is 3. The second-order valence-corrected chi connectivity index (χ2v) is 10.7. The summed E-state index contributed by atoms with van der Waals surface area (Å²) < 4.78 is 29.0. The fourth-order valence-corrected chi connectivity index (χ4v) is 4.52. The Labute approximate surface area is 219 Å². The molecule has 3 heterocycles. The van der Waals surface area contributed by atoms with Gasteiger partial charge in [-0.1, -0.05) is 6.07 Å². The van der Waals surface area contributed by atoms with Crippen molar-refractivity contribution in [3.63, 3.8) is 0 Å². The van der Waals surface area contributed by atoms with Gasteiger partial charge in [0.1, 0.15) is 11.4 Å². The lowest BCUT2D eigenvalue weighted by Crippen LogP contribution is -2.12. The quantitative estimate of drug-likeness (QED) is 0.275. The van der Waals surface area contributed by atoms with Crippen LogP contribution in [0, 0.1) is 6.92 Å². The molecular formula is C27H24N6O4S. The highest BCUT2D eigenvalue weighted by atomic mass is 32.2. The predicted molar refractivity (Wildman–Crippen MR) is 146 cm³/mol. The zero-order chi connectivity index (χ0) is 26.9. The molecule has 11 heteroatoms. The van der Waals surface area contributed by atoms with E-state index in [-0.39, 0.29) is 10.8 Å². The summed E-state index contributed by atoms with van der Waals surface area (Å²) >= 11 is 0. The van der Waals surface area contributed by atoms with E-state index in [1.54, 1.807) is 62.1 Å². The molecule has 2 aromatic carbocycles. The van der Waals surface area contributed by atoms with Crippen LogP contribution in [0.1, 0.15) is 16.1 Å². The Balaban J connectivity index is 1.36. The van der Waals surface area contributed by atoms with Gasteiger partial charge in [-0.25, -0.2) is 18.4 Å². The third kappa shape index (κ3) is 5.32. The molecule has 0 unspecified atom stereocenters. The minimum absolute atomic E-state index is 0.194. The standard InChI is InChI=1S/C27H24N6O4S/c1-16-4-5-19(30-26(34)25-12-17-11-21(38(3,35)36)6-7-22(17)31-25)13-24(16)33-27-29-9-8-23(32-27)18-10-20(37-2)15-28-14-18/h4-15,31H,1-3H3,(H,30,34)(H,29,32,33). The Morgan fingerprint density at radius 2 is 1.87 bits per heavy atom. The molecule has 0 aliphatic heterocycles. The van der Waals surface area contributed by atoms with E-state index in [1.165, 1.54) is 6.07 Å². The molecule has 3 aromatic heterocycles. The summed E-state index contributed by atoms with van der Waals surface area (Å²) in [5.41, 5.74) is 4.65. The first kappa shape index (κ1) is 24.9. The SMILES string of the molecule is COc1cncc(-c2ccnc(Nc3cc(NC(=O)c4cc5cc(S(C)(=O)=O)ccc5[nH]4)ccc3C)n2)c1. The van der Waals surface area contributed by atoms with E-state index < -0.39 is 9.84 Å². The number of aromatic nitrogens is 4. The number of hydrogen-bond acceptors (Lipinski definition) is 8. The number of methoxy groups -OCH3 is 1. The first-order valence-corrected chi connectivity index (χ1v) is 13.4. The number of H-pyrrole nitrogens is 1. The number of aromatic amines is 1. The molecule has 5 rings (SSSR count). The average Bonchev–Trinajstić information content (AvgIpc) is 3.34. The van der Waals surface area contributed by atoms with Gasteiger partial charge in [-0.3, -0.25) is 9.78 Å². The van der Waals surface area contributed by atoms with Crippen LogP contribution < -0.4 is 15.4 Å². The summed E-state index contributed by atoms with van der Waals surface area (Å²) in [4.78, 5) is 29.3. The number of fused-ring (bicyclic) bond motifs is 1. The van der Waals surface area contributed by atoms with E-state index in [2.05, 4.69) is 30.6 Å². The first-order valence-electron chi connectivity index (χ1n) is 11.5. The van der Waals surface area contributed by atoms with Crippen molar-refractivity contribution >= 4 is 44.0 Å². The maximum atomic E-state index is 13.0. The number of sulfone groups is 1. The number of carbonyl (C=O) groups excluding carboxylic acids is 1. The molecule has 0 bridgehead atoms. The van der Waals surface area contributed by atoms with Crippen LogP contribution >= 0.6 is 0 Å². The van der Waals surface area contributed by atoms with Gasteiger partial charge in [0.05, 0.1) is 23.9 Å². The van der Waals surface area contributed by atoms with Gasteiger partial charge in [-0.15, -0.1) is 0 Å². The largest absolute Gasteiger partial charge is 0.495 e. The molecule has 192 valence electrons. The van der Waals surface area contributed by atoms with Gasteiger partial charge in [0.25, 0.3) is 5.91 Å². The first-order chi connectivity index (χ1) is 18.2. The normalized spacial score (nSPS) is 11.3. The second-order valence-electron chi connectivity index (χ2n) is 8.69. The number of carbonyl (C=O) groups is 1. The van der Waals surface area contributed by atoms with Crippen molar-refractivity contribution in [3.8, 4) is 17.0 Å². The predicted octanol–water partition coefficient (Wildman–Crippen LogP) is 4.74. The maximum Gasteiger partial charge on any atom is 0.272 e. The molecule has 0 saturated carbocycles. The molecule has 0 aliphatic carbocycles. The molecule has 0 spiro atoms. The zero-order valence-electron chi connectivity index (χ0n) is 20.8. The molecule has 10 nitrogen and oxygen atoms in total. The lowest BCUT2D eigenvalue weighted by molar-refractivity contribution is 0.102. The summed E-state index contributed by atoms with van der Waals surface area (Å²) in [5, 5.41) is 6.72. The molecule has 0 saturated heterocycles. The smallest absolute Gasteiger partial charge is 0.272 e. The average molecular weight is 529 g/mol. The number of anilines is 3. The van der Waals surface area contributed by atoms with E-state index in [0.29, 0.717) is 39.7 Å². The van der Waals surface area contributed by atoms with Crippen LogP contribution in [0.3, 0.4) is 0 Å². The number of rotatable bonds is 7. The number of pyridine rings is 1. The molecule has 3 N–H and O–H groups in total. The van der Waals surface area contributed by atoms with Gasteiger partial charge in [-0.2, -0.15) is 0 Å². The third-order valence-corrected chi connectivity index (χ3v) is 7.02. The Bertz CT molecular complexity index is 1780. The molecule has 0 aliphatic rings. The van der Waals surface area contributed by atoms with Crippen LogP contribution in [0.4, 0.5) is 17.3 Å². The summed E-state index contributed by atoms with van der Waals surface area (Å²) in [6.45, 7) is 1.93. The molecule has 38 heavy (non-hydrogen) atoms. The Morgan fingerprint density at radius 1 is 1.03 bits per heavy atom. The molecule has 0 radical (unpaired) electrons. The van der Waals surface area contributed by atoms with Crippen LogP contribution in [0.25, 0.3) is 22.2 Å². The van der Waals surface area contributed by atoms with E-state index in [1.807, 2.05) is 19.1 Å². The molecule has 5 aromatic rings. The van der Waals surface area contributed by atoms with Gasteiger partial charge in [0.15, 0.2) is 9.84 Å². The number of nitrogens with one attached hydrogen (secondary N) is 3. The number of ether oxygens (including phenoxy) is 1. The van der Waals surface area contributed by atoms with Crippen LogP contribution in [-0.4, -0.2) is 47.6 Å². The number of hydrogen-bond donors (Lipinski definition) is 3. The molecule has 0 fully saturated rings. The summed E-state index contributed by atoms with van der Waals surface area (Å²) in [6, 6.07) is 15.4. The van der Waals surface area contributed by atoms with Crippen molar-refractivity contribution < 1.29 is 17.9 Å². The van der Waals surface area contributed by atoms with Crippen molar-refractivity contribution in [1.29, 1.82) is 0 Å². The number of benzene rings is 2. The summed E-state index contributed by atoms with van der Waals surface area (Å²) in [6.07, 6.45) is 6.11. The highest BCUT2D eigenvalue weighted by Gasteiger charge is 2.14. The summed E-state index contributed by atoms with van der Waals surface area (Å²) in [5.74, 6) is 0.649. The van der Waals surface area contributed by atoms with Crippen molar-refractivity contribution in [2.45, 2.75) is 11.8 Å². The lowest BCUT2D eigenvalue weighted by Gasteiger charge is -2.12. The van der Waals surface area contributed by atoms with Gasteiger partial charge >= 0.3 is 0 Å². The van der Waals surface area contributed by atoms with Gasteiger partial charge in [0, 0.05) is 46.5 Å². The highest BCUT2D eigenvalue weighted by molar-refractivity contribution is 7.90. The fourth-order valence-electron chi connectivity index (χ4n) is 3.87. The maximum absolute atomic E-state index is 13.0. The molecule has 0 atom stereocenters. The highest BCUT2D eigenvalue weighted by Crippen LogP contribution is 2.26. The third-order valence-electron chi connectivity index (χ3n) is 5.91. The van der Waals surface area contributed by atoms with Crippen molar-refractivity contribution in [2.24, 2.45) is 0 Å². The van der Waals surface area contributed by atoms with E-state index in [0.717, 1.165) is 23.1 Å². The van der Waals surface area contributed by atoms with Crippen LogP contribution in [0.5, 0.6) is 5.75 Å². The Hall–Kier alpha value is -4.77. The zero-order valence-corrected chi connectivity index (χ0v) is 21.6. The van der Waals surface area contributed by atoms with Crippen molar-refractivity contribution in [1.82, 2.24) is 19.9 Å². The number of aryl methyl sites for hydroxylation is 1. The topological polar surface area (TPSA) is 139 Å². The van der Waals surface area contributed by atoms with Gasteiger partial charge in [-0.05, 0) is 61.0 Å².